The summed E-state index contributed by atoms with van der Waals surface area (Å²) in [6.07, 6.45) is 1.70. The monoisotopic (exact) mass is 424 g/mol. The van der Waals surface area contributed by atoms with Gasteiger partial charge in [0, 0.05) is 22.7 Å². The minimum absolute atomic E-state index is 0.0745. The highest BCUT2D eigenvalue weighted by molar-refractivity contribution is 9.11. The lowest BCUT2D eigenvalue weighted by Gasteiger charge is -2.29. The maximum atomic E-state index is 12.2. The van der Waals surface area contributed by atoms with E-state index in [1.54, 1.807) is 13.0 Å². The fraction of sp³-hybridized carbons (Fsp3) is 0.571. The number of nitrogens with zero attached hydrogens (tertiary/aromatic N) is 1. The lowest BCUT2D eigenvalue weighted by Crippen LogP contribution is -2.45. The number of Topliss-reactive ketones (excluding diaryl/α,β-unsaturated/α-hetero) is 1. The van der Waals surface area contributed by atoms with E-state index < -0.39 is 16.9 Å². The Balaban J connectivity index is 3.01. The summed E-state index contributed by atoms with van der Waals surface area (Å²) in [5, 5.41) is 9.20. The molecule has 1 N–H and O–H groups in total. The van der Waals surface area contributed by atoms with Gasteiger partial charge in [-0.3, -0.25) is 4.79 Å². The highest BCUT2D eigenvalue weighted by Crippen LogP contribution is 2.40. The van der Waals surface area contributed by atoms with E-state index in [-0.39, 0.29) is 18.6 Å². The summed E-state index contributed by atoms with van der Waals surface area (Å²) < 4.78 is 16.1. The van der Waals surface area contributed by atoms with Gasteiger partial charge < -0.3 is 4.55 Å². The zero-order valence-electron chi connectivity index (χ0n) is 12.4. The van der Waals surface area contributed by atoms with Gasteiger partial charge in [-0.25, -0.2) is 0 Å². The van der Waals surface area contributed by atoms with Crippen molar-refractivity contribution in [3.63, 3.8) is 0 Å². The van der Waals surface area contributed by atoms with Crippen LogP contribution >= 0.6 is 38.9 Å². The van der Waals surface area contributed by atoms with Gasteiger partial charge in [-0.1, -0.05) is 24.9 Å². The molecule has 0 fully saturated rings. The van der Waals surface area contributed by atoms with Gasteiger partial charge in [-0.05, 0) is 35.3 Å². The molecule has 0 saturated carbocycles. The Labute approximate surface area is 151 Å². The number of hydrogen-bond acceptors (Lipinski definition) is 5. The van der Waals surface area contributed by atoms with Crippen LogP contribution in [-0.2, 0) is 21.7 Å². The number of halogens is 2. The van der Waals surface area contributed by atoms with Crippen LogP contribution in [0.15, 0.2) is 9.85 Å². The average molecular weight is 426 g/mol. The molecule has 0 amide bonds. The molecule has 0 saturated heterocycles. The first-order valence-electron chi connectivity index (χ1n) is 6.82. The van der Waals surface area contributed by atoms with Gasteiger partial charge in [0.05, 0.1) is 21.3 Å². The van der Waals surface area contributed by atoms with Crippen LogP contribution in [0.2, 0.25) is 5.02 Å². The minimum atomic E-state index is -1.26. The molecule has 1 heterocycles. The van der Waals surface area contributed by atoms with Gasteiger partial charge >= 0.3 is 0 Å². The first-order valence-corrected chi connectivity index (χ1v) is 10.1. The van der Waals surface area contributed by atoms with Crippen molar-refractivity contribution in [2.45, 2.75) is 45.1 Å². The third kappa shape index (κ3) is 5.84. The number of nitrogens with one attached hydrogen (secondary N) is 1. The maximum absolute atomic E-state index is 12.2. The molecule has 0 bridgehead atoms. The van der Waals surface area contributed by atoms with Gasteiger partial charge in [0.1, 0.15) is 17.1 Å². The number of unbranched alkanes of at least 4 members (excludes halogenated alkanes) is 1. The van der Waals surface area contributed by atoms with Crippen molar-refractivity contribution < 1.29 is 9.35 Å². The SMILES string of the molecule is CCCC[S@@+]([O-])N[C@@](C)(CC(=O)CC#N)c1sc(Br)cc1Cl. The number of ketones is 1. The second kappa shape index (κ2) is 9.26. The predicted octanol–water partition coefficient (Wildman–Crippen LogP) is 4.31. The first kappa shape index (κ1) is 19.9. The van der Waals surface area contributed by atoms with Crippen molar-refractivity contribution in [2.75, 3.05) is 5.75 Å². The molecule has 0 unspecified atom stereocenters. The van der Waals surface area contributed by atoms with Crippen molar-refractivity contribution in [3.8, 4) is 6.07 Å². The Morgan fingerprint density at radius 1 is 1.68 bits per heavy atom. The molecule has 8 heteroatoms. The lowest BCUT2D eigenvalue weighted by atomic mass is 9.93. The van der Waals surface area contributed by atoms with Crippen molar-refractivity contribution in [2.24, 2.45) is 0 Å². The molecule has 1 aromatic heterocycles. The summed E-state index contributed by atoms with van der Waals surface area (Å²) in [4.78, 5) is 12.7. The molecule has 0 aliphatic carbocycles. The second-order valence-corrected chi connectivity index (χ2v) is 9.26. The van der Waals surface area contributed by atoms with Gasteiger partial charge in [0.25, 0.3) is 0 Å². The van der Waals surface area contributed by atoms with Gasteiger partial charge in [-0.15, -0.1) is 16.1 Å². The van der Waals surface area contributed by atoms with Crippen LogP contribution in [0.1, 0.15) is 44.4 Å². The van der Waals surface area contributed by atoms with E-state index in [1.165, 1.54) is 11.3 Å². The van der Waals surface area contributed by atoms with Gasteiger partial charge in [0.2, 0.25) is 0 Å². The fourth-order valence-electron chi connectivity index (χ4n) is 2.00. The molecule has 1 aromatic rings. The Morgan fingerprint density at radius 2 is 2.36 bits per heavy atom. The van der Waals surface area contributed by atoms with Gasteiger partial charge in [0.15, 0.2) is 0 Å². The summed E-state index contributed by atoms with van der Waals surface area (Å²) in [5.41, 5.74) is -0.847. The Morgan fingerprint density at radius 3 is 2.86 bits per heavy atom. The van der Waals surface area contributed by atoms with E-state index in [4.69, 9.17) is 16.9 Å². The highest BCUT2D eigenvalue weighted by Gasteiger charge is 2.37. The lowest BCUT2D eigenvalue weighted by molar-refractivity contribution is -0.119. The summed E-state index contributed by atoms with van der Waals surface area (Å²) in [7, 11) is 0. The van der Waals surface area contributed by atoms with E-state index in [9.17, 15) is 9.35 Å². The maximum Gasteiger partial charge on any atom is 0.149 e. The number of carbonyl (C=O) groups is 1. The van der Waals surface area contributed by atoms with E-state index in [2.05, 4.69) is 20.7 Å². The van der Waals surface area contributed by atoms with Crippen LogP contribution in [0.5, 0.6) is 0 Å². The smallest absolute Gasteiger partial charge is 0.149 e. The van der Waals surface area contributed by atoms with Crippen molar-refractivity contribution in [1.82, 2.24) is 4.72 Å². The summed E-state index contributed by atoms with van der Waals surface area (Å²) in [6.45, 7) is 3.83. The van der Waals surface area contributed by atoms with Crippen LogP contribution in [0.4, 0.5) is 0 Å². The van der Waals surface area contributed by atoms with Crippen LogP contribution in [0.25, 0.3) is 0 Å². The number of rotatable bonds is 9. The van der Waals surface area contributed by atoms with Gasteiger partial charge in [-0.2, -0.15) is 5.26 Å². The molecular formula is C14H18BrClN2O2S2. The Kier molecular flexibility index (Phi) is 8.39. The molecule has 0 aliphatic rings. The largest absolute Gasteiger partial charge is 0.598 e. The zero-order chi connectivity index (χ0) is 16.8. The molecule has 2 atom stereocenters. The standard InChI is InChI=1S/C14H18BrClN2O2S2/c1-3-4-7-22(20)18-14(2,9-10(19)5-6-17)13-11(16)8-12(15)21-13/h8,18H,3-5,7,9H2,1-2H3/t14-,22+/m0/s1. The normalized spacial score (nSPS) is 15.1. The molecule has 22 heavy (non-hydrogen) atoms. The average Bonchev–Trinajstić information content (AvgIpc) is 2.76. The molecule has 122 valence electrons. The minimum Gasteiger partial charge on any atom is -0.598 e. The third-order valence-electron chi connectivity index (χ3n) is 3.01. The second-order valence-electron chi connectivity index (χ2n) is 5.12. The quantitative estimate of drug-likeness (QED) is 0.598. The number of nitriles is 1. The van der Waals surface area contributed by atoms with Crippen LogP contribution in [0.3, 0.4) is 0 Å². The van der Waals surface area contributed by atoms with E-state index in [1.807, 2.05) is 13.0 Å². The molecule has 0 aliphatic heterocycles. The number of thiophene rings is 1. The van der Waals surface area contributed by atoms with Crippen LogP contribution in [0, 0.1) is 11.3 Å². The van der Waals surface area contributed by atoms with Crippen LogP contribution < -0.4 is 4.72 Å². The fourth-order valence-corrected chi connectivity index (χ4v) is 5.62. The topological polar surface area (TPSA) is 75.9 Å². The molecular weight excluding hydrogens is 408 g/mol. The molecule has 0 spiro atoms. The van der Waals surface area contributed by atoms with E-state index >= 15 is 0 Å². The molecule has 4 nitrogen and oxygen atoms in total. The predicted molar refractivity (Wildman–Crippen MR) is 95.3 cm³/mol. The summed E-state index contributed by atoms with van der Waals surface area (Å²) in [6, 6.07) is 3.61. The summed E-state index contributed by atoms with van der Waals surface area (Å²) >= 11 is 9.75. The summed E-state index contributed by atoms with van der Waals surface area (Å²) in [5.74, 6) is 0.313. The van der Waals surface area contributed by atoms with E-state index in [0.29, 0.717) is 10.8 Å². The first-order chi connectivity index (χ1) is 10.3. The molecule has 0 radical (unpaired) electrons. The zero-order valence-corrected chi connectivity index (χ0v) is 16.4. The van der Waals surface area contributed by atoms with Crippen molar-refractivity contribution in [3.05, 3.63) is 19.8 Å². The van der Waals surface area contributed by atoms with Crippen LogP contribution in [-0.4, -0.2) is 16.1 Å². The number of carbonyl (C=O) groups excluding carboxylic acids is 1. The van der Waals surface area contributed by atoms with Crippen molar-refractivity contribution in [1.29, 1.82) is 5.26 Å². The van der Waals surface area contributed by atoms with Crippen molar-refractivity contribution >= 4 is 56.0 Å². The molecule has 1 rings (SSSR count). The highest BCUT2D eigenvalue weighted by atomic mass is 79.9. The Bertz CT molecular complexity index is 562. The molecule has 0 aromatic carbocycles. The van der Waals surface area contributed by atoms with E-state index in [0.717, 1.165) is 21.5 Å². The third-order valence-corrected chi connectivity index (χ3v) is 6.66. The Hall–Kier alpha value is -0.100. The number of hydrogen-bond donors (Lipinski definition) is 1.